The lowest BCUT2D eigenvalue weighted by molar-refractivity contribution is 0.128. The van der Waals surface area contributed by atoms with Crippen molar-refractivity contribution >= 4 is 0 Å². The van der Waals surface area contributed by atoms with Crippen LogP contribution in [0.3, 0.4) is 0 Å². The highest BCUT2D eigenvalue weighted by Gasteiger charge is 2.33. The highest BCUT2D eigenvalue weighted by molar-refractivity contribution is 4.95. The molecule has 0 aromatic carbocycles. The van der Waals surface area contributed by atoms with Gasteiger partial charge in [0.05, 0.1) is 12.7 Å². The van der Waals surface area contributed by atoms with E-state index in [9.17, 15) is 0 Å². The van der Waals surface area contributed by atoms with Gasteiger partial charge in [-0.2, -0.15) is 0 Å². The van der Waals surface area contributed by atoms with Gasteiger partial charge in [0.1, 0.15) is 5.76 Å². The molecule has 0 aliphatic heterocycles. The smallest absolute Gasteiger partial charge is 0.208 e. The molecule has 1 N–H and O–H groups in total. The lowest BCUT2D eigenvalue weighted by Crippen LogP contribution is -2.43. The van der Waals surface area contributed by atoms with Crippen LogP contribution in [0.15, 0.2) is 10.6 Å². The van der Waals surface area contributed by atoms with Gasteiger partial charge in [-0.05, 0) is 24.2 Å². The topological polar surface area (TPSA) is 38.1 Å². The molecule has 2 atom stereocenters. The van der Waals surface area contributed by atoms with Crippen LogP contribution in [-0.4, -0.2) is 11.0 Å². The Labute approximate surface area is 117 Å². The molecule has 1 aromatic rings. The van der Waals surface area contributed by atoms with E-state index in [4.69, 9.17) is 4.42 Å². The van der Waals surface area contributed by atoms with Crippen molar-refractivity contribution in [2.24, 2.45) is 11.3 Å². The summed E-state index contributed by atoms with van der Waals surface area (Å²) >= 11 is 0. The Hall–Kier alpha value is -0.830. The molecule has 1 saturated carbocycles. The minimum Gasteiger partial charge on any atom is -0.444 e. The molecule has 19 heavy (non-hydrogen) atoms. The Bertz CT molecular complexity index is 392. The van der Waals surface area contributed by atoms with Crippen molar-refractivity contribution in [2.75, 3.05) is 0 Å². The van der Waals surface area contributed by atoms with Gasteiger partial charge in [-0.15, -0.1) is 0 Å². The van der Waals surface area contributed by atoms with Crippen LogP contribution in [0.4, 0.5) is 0 Å². The number of aromatic nitrogens is 1. The van der Waals surface area contributed by atoms with Crippen molar-refractivity contribution in [3.8, 4) is 0 Å². The summed E-state index contributed by atoms with van der Waals surface area (Å²) < 4.78 is 5.67. The van der Waals surface area contributed by atoms with Gasteiger partial charge in [-0.25, -0.2) is 4.98 Å². The first kappa shape index (κ1) is 14.6. The minimum atomic E-state index is 0.378. The fraction of sp³-hybridized carbons (Fsp3) is 0.812. The maximum Gasteiger partial charge on any atom is 0.208 e. The first-order valence-corrected chi connectivity index (χ1v) is 7.67. The molecule has 2 unspecified atom stereocenters. The lowest BCUT2D eigenvalue weighted by Gasteiger charge is -2.40. The molecule has 1 aliphatic carbocycles. The second-order valence-electron chi connectivity index (χ2n) is 6.82. The summed E-state index contributed by atoms with van der Waals surface area (Å²) in [5.41, 5.74) is 0.378. The van der Waals surface area contributed by atoms with E-state index >= 15 is 0 Å². The van der Waals surface area contributed by atoms with Gasteiger partial charge in [0.25, 0.3) is 0 Å². The molecule has 1 aromatic heterocycles. The molecular weight excluding hydrogens is 236 g/mol. The molecule has 1 heterocycles. The fourth-order valence-corrected chi connectivity index (χ4v) is 3.22. The van der Waals surface area contributed by atoms with Crippen LogP contribution < -0.4 is 5.32 Å². The van der Waals surface area contributed by atoms with Crippen LogP contribution in [0.25, 0.3) is 0 Å². The normalized spacial score (nSPS) is 24.6. The quantitative estimate of drug-likeness (QED) is 0.895. The Morgan fingerprint density at radius 1 is 1.32 bits per heavy atom. The Kier molecular flexibility index (Phi) is 4.67. The Balaban J connectivity index is 1.92. The maximum atomic E-state index is 5.67. The summed E-state index contributed by atoms with van der Waals surface area (Å²) in [4.78, 5) is 4.33. The predicted molar refractivity (Wildman–Crippen MR) is 77.9 cm³/mol. The van der Waals surface area contributed by atoms with Gasteiger partial charge in [-0.1, -0.05) is 40.5 Å². The number of aryl methyl sites for hydroxylation is 1. The number of nitrogens with zero attached hydrogens (tertiary/aromatic N) is 1. The van der Waals surface area contributed by atoms with Crippen LogP contribution in [0.1, 0.15) is 65.0 Å². The van der Waals surface area contributed by atoms with Gasteiger partial charge in [0.2, 0.25) is 5.89 Å². The zero-order valence-electron chi connectivity index (χ0n) is 12.8. The largest absolute Gasteiger partial charge is 0.444 e. The second kappa shape index (κ2) is 6.08. The molecule has 1 fully saturated rings. The van der Waals surface area contributed by atoms with Crippen LogP contribution in [0.2, 0.25) is 0 Å². The first-order chi connectivity index (χ1) is 9.00. The van der Waals surface area contributed by atoms with E-state index in [0.717, 1.165) is 30.5 Å². The maximum absolute atomic E-state index is 5.67. The number of nitrogens with one attached hydrogen (secondary N) is 1. The van der Waals surface area contributed by atoms with Crippen LogP contribution >= 0.6 is 0 Å². The molecule has 1 aliphatic rings. The van der Waals surface area contributed by atoms with Crippen molar-refractivity contribution in [3.63, 3.8) is 0 Å². The minimum absolute atomic E-state index is 0.378. The number of hydrogen-bond acceptors (Lipinski definition) is 3. The van der Waals surface area contributed by atoms with E-state index in [-0.39, 0.29) is 0 Å². The van der Waals surface area contributed by atoms with Crippen molar-refractivity contribution < 1.29 is 4.42 Å². The van der Waals surface area contributed by atoms with E-state index in [1.807, 2.05) is 6.20 Å². The number of rotatable bonds is 4. The SMILES string of the molecule is CCc1cnc(CNC2CCCCC2C(C)(C)C)o1. The van der Waals surface area contributed by atoms with E-state index in [0.29, 0.717) is 11.5 Å². The standard InChI is InChI=1S/C16H28N2O/c1-5-12-10-18-15(19-12)11-17-14-9-7-6-8-13(14)16(2,3)4/h10,13-14,17H,5-9,11H2,1-4H3. The van der Waals surface area contributed by atoms with Gasteiger partial charge >= 0.3 is 0 Å². The third kappa shape index (κ3) is 3.82. The van der Waals surface area contributed by atoms with E-state index < -0.39 is 0 Å². The van der Waals surface area contributed by atoms with Crippen molar-refractivity contribution in [2.45, 2.75) is 72.4 Å². The third-order valence-electron chi connectivity index (χ3n) is 4.34. The summed E-state index contributed by atoms with van der Waals surface area (Å²) in [6, 6.07) is 0.603. The molecule has 3 heteroatoms. The molecule has 0 radical (unpaired) electrons. The number of hydrogen-bond donors (Lipinski definition) is 1. The lowest BCUT2D eigenvalue weighted by atomic mass is 9.69. The van der Waals surface area contributed by atoms with Crippen LogP contribution in [0.5, 0.6) is 0 Å². The Morgan fingerprint density at radius 3 is 2.68 bits per heavy atom. The second-order valence-corrected chi connectivity index (χ2v) is 6.82. The van der Waals surface area contributed by atoms with E-state index in [2.05, 4.69) is 38.0 Å². The molecular formula is C16H28N2O. The van der Waals surface area contributed by atoms with Gasteiger partial charge in [0, 0.05) is 12.5 Å². The van der Waals surface area contributed by atoms with Crippen molar-refractivity contribution in [1.82, 2.24) is 10.3 Å². The van der Waals surface area contributed by atoms with Crippen LogP contribution in [0, 0.1) is 11.3 Å². The van der Waals surface area contributed by atoms with Gasteiger partial charge < -0.3 is 9.73 Å². The molecule has 0 amide bonds. The zero-order valence-corrected chi connectivity index (χ0v) is 12.8. The highest BCUT2D eigenvalue weighted by atomic mass is 16.4. The van der Waals surface area contributed by atoms with Crippen molar-refractivity contribution in [1.29, 1.82) is 0 Å². The van der Waals surface area contributed by atoms with Gasteiger partial charge in [-0.3, -0.25) is 0 Å². The summed E-state index contributed by atoms with van der Waals surface area (Å²) in [6.45, 7) is 9.93. The summed E-state index contributed by atoms with van der Waals surface area (Å²) in [5.74, 6) is 2.56. The van der Waals surface area contributed by atoms with Gasteiger partial charge in [0.15, 0.2) is 0 Å². The Morgan fingerprint density at radius 2 is 2.05 bits per heavy atom. The molecule has 3 nitrogen and oxygen atoms in total. The van der Waals surface area contributed by atoms with E-state index in [1.54, 1.807) is 0 Å². The monoisotopic (exact) mass is 264 g/mol. The molecule has 0 spiro atoms. The number of oxazole rings is 1. The summed E-state index contributed by atoms with van der Waals surface area (Å²) in [5, 5.41) is 3.68. The molecule has 2 rings (SSSR count). The fourth-order valence-electron chi connectivity index (χ4n) is 3.22. The third-order valence-corrected chi connectivity index (χ3v) is 4.34. The highest BCUT2D eigenvalue weighted by Crippen LogP contribution is 2.38. The zero-order chi connectivity index (χ0) is 13.9. The van der Waals surface area contributed by atoms with Crippen LogP contribution in [-0.2, 0) is 13.0 Å². The van der Waals surface area contributed by atoms with E-state index in [1.165, 1.54) is 25.7 Å². The average molecular weight is 264 g/mol. The molecule has 0 saturated heterocycles. The van der Waals surface area contributed by atoms with Crippen molar-refractivity contribution in [3.05, 3.63) is 17.8 Å². The molecule has 108 valence electrons. The first-order valence-electron chi connectivity index (χ1n) is 7.67. The summed E-state index contributed by atoms with van der Waals surface area (Å²) in [6.07, 6.45) is 8.10. The average Bonchev–Trinajstić information content (AvgIpc) is 2.83. The summed E-state index contributed by atoms with van der Waals surface area (Å²) in [7, 11) is 0. The molecule has 0 bridgehead atoms. The predicted octanol–water partition coefficient (Wildman–Crippen LogP) is 3.93.